The minimum atomic E-state index is -0.700. The minimum Gasteiger partial charge on any atom is -0.493 e. The number of aromatic hydroxyl groups is 1. The second-order valence-corrected chi connectivity index (χ2v) is 12.1. The molecule has 0 amide bonds. The molecule has 0 radical (unpaired) electrons. The molecule has 1 aromatic carbocycles. The van der Waals surface area contributed by atoms with Crippen LogP contribution < -0.4 is 11.2 Å². The highest BCUT2D eigenvalue weighted by atomic mass is 79.9. The van der Waals surface area contributed by atoms with Crippen LogP contribution in [0.4, 0.5) is 5.69 Å². The lowest BCUT2D eigenvalue weighted by Crippen LogP contribution is -2.48. The SMILES string of the molecule is CCn1nc(C)c(N=Cc2c(O)n(-c3ccc(C45CC6CC(CC(C6)C4)C5)cc3Br)c(=O)[nH]c2=O)c1C. The molecule has 4 aliphatic rings. The van der Waals surface area contributed by atoms with Crippen LogP contribution in [0.5, 0.6) is 5.88 Å². The summed E-state index contributed by atoms with van der Waals surface area (Å²) in [6.07, 6.45) is 9.15. The molecular weight excluding hydrogens is 534 g/mol. The lowest BCUT2D eigenvalue weighted by Gasteiger charge is -2.57. The van der Waals surface area contributed by atoms with Crippen molar-refractivity contribution in [2.24, 2.45) is 22.7 Å². The lowest BCUT2D eigenvalue weighted by molar-refractivity contribution is -0.00521. The van der Waals surface area contributed by atoms with Crippen LogP contribution in [0.25, 0.3) is 5.69 Å². The Morgan fingerprint density at radius 1 is 1.16 bits per heavy atom. The first-order valence-electron chi connectivity index (χ1n) is 13.2. The Hall–Kier alpha value is -2.94. The van der Waals surface area contributed by atoms with Gasteiger partial charge in [-0.1, -0.05) is 6.07 Å². The average Bonchev–Trinajstić information content (AvgIpc) is 3.11. The molecule has 9 heteroatoms. The molecule has 4 bridgehead atoms. The Kier molecular flexibility index (Phi) is 5.82. The molecule has 0 saturated heterocycles. The van der Waals surface area contributed by atoms with Gasteiger partial charge in [0.05, 0.1) is 17.1 Å². The van der Waals surface area contributed by atoms with Gasteiger partial charge in [0.25, 0.3) is 5.56 Å². The fraction of sp³-hybridized carbons (Fsp3) is 0.500. The molecule has 3 aromatic rings. The first-order chi connectivity index (χ1) is 17.7. The van der Waals surface area contributed by atoms with E-state index in [4.69, 9.17) is 0 Å². The van der Waals surface area contributed by atoms with E-state index in [-0.39, 0.29) is 11.0 Å². The standard InChI is InChI=1S/C28H32BrN5O3/c1-4-33-16(3)24(15(2)32-33)30-14-21-25(35)31-27(37)34(26(21)36)23-6-5-20(10-22(23)29)28-11-17-7-18(12-28)9-19(8-17)13-28/h5-6,10,14,17-19,36H,4,7-9,11-13H2,1-3H3,(H,31,35,37). The van der Waals surface area contributed by atoms with E-state index in [0.29, 0.717) is 22.4 Å². The van der Waals surface area contributed by atoms with Crippen LogP contribution in [-0.4, -0.2) is 30.7 Å². The van der Waals surface area contributed by atoms with Crippen LogP contribution in [0.15, 0.2) is 37.3 Å². The summed E-state index contributed by atoms with van der Waals surface area (Å²) in [6, 6.07) is 6.08. The molecular formula is C28H32BrN5O3. The van der Waals surface area contributed by atoms with Crippen molar-refractivity contribution >= 4 is 27.8 Å². The third-order valence-corrected chi connectivity index (χ3v) is 9.56. The summed E-state index contributed by atoms with van der Waals surface area (Å²) in [5, 5.41) is 15.6. The number of aliphatic imine (C=N–C) groups is 1. The van der Waals surface area contributed by atoms with Crippen LogP contribution in [-0.2, 0) is 12.0 Å². The molecule has 0 spiro atoms. The predicted octanol–water partition coefficient (Wildman–Crippen LogP) is 5.05. The zero-order valence-electron chi connectivity index (χ0n) is 21.4. The Balaban J connectivity index is 1.39. The van der Waals surface area contributed by atoms with Crippen molar-refractivity contribution in [1.29, 1.82) is 0 Å². The smallest absolute Gasteiger partial charge is 0.335 e. The van der Waals surface area contributed by atoms with Crippen LogP contribution >= 0.6 is 15.9 Å². The summed E-state index contributed by atoms with van der Waals surface area (Å²) in [5.41, 5.74) is 2.75. The number of nitrogens with zero attached hydrogens (tertiary/aromatic N) is 4. The number of benzene rings is 1. The fourth-order valence-corrected chi connectivity index (χ4v) is 8.23. The van der Waals surface area contributed by atoms with Crippen molar-refractivity contribution in [3.8, 4) is 11.6 Å². The number of hydrogen-bond donors (Lipinski definition) is 2. The molecule has 2 N–H and O–H groups in total. The highest BCUT2D eigenvalue weighted by molar-refractivity contribution is 9.10. The minimum absolute atomic E-state index is 0.0836. The van der Waals surface area contributed by atoms with Gasteiger partial charge >= 0.3 is 5.69 Å². The highest BCUT2D eigenvalue weighted by Crippen LogP contribution is 2.61. The first kappa shape index (κ1) is 24.4. The van der Waals surface area contributed by atoms with Gasteiger partial charge in [0.2, 0.25) is 5.88 Å². The van der Waals surface area contributed by atoms with Gasteiger partial charge in [-0.2, -0.15) is 5.10 Å². The van der Waals surface area contributed by atoms with Crippen LogP contribution in [0.1, 0.15) is 68.0 Å². The van der Waals surface area contributed by atoms with Gasteiger partial charge in [-0.25, -0.2) is 9.36 Å². The Bertz CT molecular complexity index is 1510. The van der Waals surface area contributed by atoms with Crippen molar-refractivity contribution in [2.45, 2.75) is 71.3 Å². The number of nitrogens with one attached hydrogen (secondary N) is 1. The monoisotopic (exact) mass is 565 g/mol. The van der Waals surface area contributed by atoms with Gasteiger partial charge in [0.1, 0.15) is 11.3 Å². The van der Waals surface area contributed by atoms with Crippen molar-refractivity contribution in [3.63, 3.8) is 0 Å². The fourth-order valence-electron chi connectivity index (χ4n) is 7.67. The van der Waals surface area contributed by atoms with Crippen LogP contribution in [0.2, 0.25) is 0 Å². The molecule has 37 heavy (non-hydrogen) atoms. The molecule has 4 saturated carbocycles. The second-order valence-electron chi connectivity index (χ2n) is 11.3. The third kappa shape index (κ3) is 3.93. The van der Waals surface area contributed by atoms with Crippen molar-refractivity contribution in [2.75, 3.05) is 0 Å². The predicted molar refractivity (Wildman–Crippen MR) is 147 cm³/mol. The van der Waals surface area contributed by atoms with Gasteiger partial charge in [-0.05, 0) is 116 Å². The number of hydrogen-bond acceptors (Lipinski definition) is 5. The summed E-state index contributed by atoms with van der Waals surface area (Å²) in [7, 11) is 0. The number of H-pyrrole nitrogens is 1. The highest BCUT2D eigenvalue weighted by Gasteiger charge is 2.51. The number of aryl methyl sites for hydroxylation is 2. The number of aromatic amines is 1. The normalized spacial score (nSPS) is 26.4. The number of aromatic nitrogens is 4. The maximum absolute atomic E-state index is 12.9. The van der Waals surface area contributed by atoms with E-state index in [1.54, 1.807) is 0 Å². The van der Waals surface area contributed by atoms with Crippen molar-refractivity contribution in [3.05, 3.63) is 66.0 Å². The average molecular weight is 567 g/mol. The van der Waals surface area contributed by atoms with E-state index in [2.05, 4.69) is 43.1 Å². The Labute approximate surface area is 223 Å². The Morgan fingerprint density at radius 3 is 2.38 bits per heavy atom. The topological polar surface area (TPSA) is 105 Å². The number of rotatable bonds is 5. The summed E-state index contributed by atoms with van der Waals surface area (Å²) in [5.74, 6) is 2.04. The molecule has 4 aliphatic carbocycles. The second kappa shape index (κ2) is 8.82. The molecule has 194 valence electrons. The number of halogens is 1. The Morgan fingerprint density at radius 2 is 1.81 bits per heavy atom. The van der Waals surface area contributed by atoms with Gasteiger partial charge in [0.15, 0.2) is 0 Å². The van der Waals surface area contributed by atoms with E-state index in [1.165, 1.54) is 50.3 Å². The molecule has 0 unspecified atom stereocenters. The molecule has 2 aromatic heterocycles. The van der Waals surface area contributed by atoms with E-state index in [1.807, 2.05) is 31.5 Å². The van der Waals surface area contributed by atoms with E-state index >= 15 is 0 Å². The quantitative estimate of drug-likeness (QED) is 0.422. The summed E-state index contributed by atoms with van der Waals surface area (Å²) < 4.78 is 3.67. The van der Waals surface area contributed by atoms with Gasteiger partial charge in [-0.3, -0.25) is 19.5 Å². The molecule has 0 aliphatic heterocycles. The van der Waals surface area contributed by atoms with Crippen molar-refractivity contribution in [1.82, 2.24) is 19.3 Å². The van der Waals surface area contributed by atoms with E-state index < -0.39 is 17.1 Å². The van der Waals surface area contributed by atoms with Gasteiger partial charge < -0.3 is 5.11 Å². The maximum atomic E-state index is 12.9. The first-order valence-corrected chi connectivity index (χ1v) is 13.9. The summed E-state index contributed by atoms with van der Waals surface area (Å²) in [6.45, 7) is 6.45. The van der Waals surface area contributed by atoms with Gasteiger partial charge in [-0.15, -0.1) is 0 Å². The molecule has 2 heterocycles. The molecule has 8 nitrogen and oxygen atoms in total. The van der Waals surface area contributed by atoms with Crippen LogP contribution in [0, 0.1) is 31.6 Å². The zero-order valence-corrected chi connectivity index (χ0v) is 23.0. The molecule has 4 fully saturated rings. The maximum Gasteiger partial charge on any atom is 0.335 e. The largest absolute Gasteiger partial charge is 0.493 e. The summed E-state index contributed by atoms with van der Waals surface area (Å²) >= 11 is 3.67. The van der Waals surface area contributed by atoms with E-state index in [9.17, 15) is 14.7 Å². The zero-order chi connectivity index (χ0) is 26.1. The van der Waals surface area contributed by atoms with Crippen LogP contribution in [0.3, 0.4) is 0 Å². The van der Waals surface area contributed by atoms with Gasteiger partial charge in [0, 0.05) is 17.2 Å². The molecule has 0 atom stereocenters. The van der Waals surface area contributed by atoms with E-state index in [0.717, 1.165) is 33.7 Å². The third-order valence-electron chi connectivity index (χ3n) is 8.93. The summed E-state index contributed by atoms with van der Waals surface area (Å²) in [4.78, 5) is 32.3. The lowest BCUT2D eigenvalue weighted by atomic mass is 9.48. The van der Waals surface area contributed by atoms with Crippen molar-refractivity contribution < 1.29 is 5.11 Å². The molecule has 7 rings (SSSR count).